The van der Waals surface area contributed by atoms with Crippen LogP contribution in [0.1, 0.15) is 46.1 Å². The number of esters is 2. The van der Waals surface area contributed by atoms with Crippen molar-refractivity contribution in [3.8, 4) is 0 Å². The zero-order valence-electron chi connectivity index (χ0n) is 17.6. The lowest BCUT2D eigenvalue weighted by atomic mass is 10.0. The highest BCUT2D eigenvalue weighted by atomic mass is 16.6. The molecule has 0 aromatic heterocycles. The van der Waals surface area contributed by atoms with Gasteiger partial charge in [0.05, 0.1) is 7.11 Å². The van der Waals surface area contributed by atoms with Crippen LogP contribution in [0.15, 0.2) is 30.3 Å². The number of hydrogen-bond donors (Lipinski definition) is 2. The molecule has 0 fully saturated rings. The summed E-state index contributed by atoms with van der Waals surface area (Å²) in [7, 11) is 1.20. The van der Waals surface area contributed by atoms with Crippen LogP contribution in [-0.4, -0.2) is 48.5 Å². The van der Waals surface area contributed by atoms with Gasteiger partial charge in [-0.2, -0.15) is 0 Å². The Labute approximate surface area is 171 Å². The molecule has 0 saturated carbocycles. The summed E-state index contributed by atoms with van der Waals surface area (Å²) in [4.78, 5) is 48.3. The number of carbonyl (C=O) groups is 4. The standard InChI is InChI=1S/C21H30N2O6/c1-14(24)22-17(13-15-9-7-6-8-10-15)19(26)23-16(20(27)28-5)11-12-18(25)29-21(2,3)4/h6-10,16-17H,11-13H2,1-5H3,(H,22,24)(H,23,26)/t16-,17-/m0/s1. The lowest BCUT2D eigenvalue weighted by Crippen LogP contribution is -2.52. The van der Waals surface area contributed by atoms with E-state index in [-0.39, 0.29) is 25.2 Å². The van der Waals surface area contributed by atoms with Gasteiger partial charge in [-0.1, -0.05) is 30.3 Å². The van der Waals surface area contributed by atoms with Crippen molar-refractivity contribution in [3.63, 3.8) is 0 Å². The van der Waals surface area contributed by atoms with Gasteiger partial charge in [-0.15, -0.1) is 0 Å². The minimum atomic E-state index is -1.04. The molecule has 29 heavy (non-hydrogen) atoms. The summed E-state index contributed by atoms with van der Waals surface area (Å²) >= 11 is 0. The SMILES string of the molecule is COC(=O)[C@H](CCC(=O)OC(C)(C)C)NC(=O)[C@H](Cc1ccccc1)NC(C)=O. The van der Waals surface area contributed by atoms with Gasteiger partial charge in [-0.05, 0) is 32.8 Å². The quantitative estimate of drug-likeness (QED) is 0.602. The van der Waals surface area contributed by atoms with Gasteiger partial charge in [-0.3, -0.25) is 14.4 Å². The van der Waals surface area contributed by atoms with Crippen LogP contribution in [0.5, 0.6) is 0 Å². The second kappa shape index (κ2) is 11.2. The van der Waals surface area contributed by atoms with Crippen LogP contribution in [0.25, 0.3) is 0 Å². The summed E-state index contributed by atoms with van der Waals surface area (Å²) in [6, 6.07) is 7.27. The first-order valence-electron chi connectivity index (χ1n) is 9.43. The Morgan fingerprint density at radius 3 is 2.14 bits per heavy atom. The summed E-state index contributed by atoms with van der Waals surface area (Å²) < 4.78 is 9.96. The molecule has 2 atom stereocenters. The van der Waals surface area contributed by atoms with Crippen molar-refractivity contribution in [1.82, 2.24) is 10.6 Å². The molecule has 0 radical (unpaired) electrons. The molecule has 8 heteroatoms. The summed E-state index contributed by atoms with van der Waals surface area (Å²) in [5.41, 5.74) is 0.206. The van der Waals surface area contributed by atoms with E-state index >= 15 is 0 Å². The fourth-order valence-electron chi connectivity index (χ4n) is 2.62. The van der Waals surface area contributed by atoms with Crippen molar-refractivity contribution < 1.29 is 28.7 Å². The minimum Gasteiger partial charge on any atom is -0.467 e. The van der Waals surface area contributed by atoms with Gasteiger partial charge in [0.1, 0.15) is 17.7 Å². The van der Waals surface area contributed by atoms with Gasteiger partial charge >= 0.3 is 11.9 Å². The Kier molecular flexibility index (Phi) is 9.31. The van der Waals surface area contributed by atoms with Crippen LogP contribution in [0.3, 0.4) is 0 Å². The maximum atomic E-state index is 12.7. The van der Waals surface area contributed by atoms with Crippen molar-refractivity contribution in [3.05, 3.63) is 35.9 Å². The molecule has 1 aromatic carbocycles. The maximum absolute atomic E-state index is 12.7. The molecule has 1 aromatic rings. The third-order valence-corrected chi connectivity index (χ3v) is 3.84. The number of hydrogen-bond acceptors (Lipinski definition) is 6. The monoisotopic (exact) mass is 406 g/mol. The third kappa shape index (κ3) is 9.73. The molecule has 0 bridgehead atoms. The molecule has 0 aliphatic carbocycles. The highest BCUT2D eigenvalue weighted by Gasteiger charge is 2.28. The van der Waals surface area contributed by atoms with Gasteiger partial charge in [0.25, 0.3) is 0 Å². The molecule has 1 rings (SSSR count). The molecule has 0 spiro atoms. The number of rotatable bonds is 9. The molecule has 0 unspecified atom stereocenters. The Morgan fingerprint density at radius 1 is 1.00 bits per heavy atom. The normalized spacial score (nSPS) is 13.0. The van der Waals surface area contributed by atoms with Gasteiger partial charge in [0.2, 0.25) is 11.8 Å². The third-order valence-electron chi connectivity index (χ3n) is 3.84. The highest BCUT2D eigenvalue weighted by molar-refractivity contribution is 5.90. The van der Waals surface area contributed by atoms with Gasteiger partial charge in [0, 0.05) is 19.8 Å². The molecule has 8 nitrogen and oxygen atoms in total. The van der Waals surface area contributed by atoms with E-state index in [0.717, 1.165) is 5.56 Å². The van der Waals surface area contributed by atoms with E-state index < -0.39 is 35.5 Å². The minimum absolute atomic E-state index is 0.0193. The van der Waals surface area contributed by atoms with Crippen molar-refractivity contribution in [2.45, 2.75) is 64.6 Å². The molecule has 2 N–H and O–H groups in total. The van der Waals surface area contributed by atoms with E-state index in [9.17, 15) is 19.2 Å². The van der Waals surface area contributed by atoms with Crippen LogP contribution in [0, 0.1) is 0 Å². The number of amides is 2. The smallest absolute Gasteiger partial charge is 0.328 e. The maximum Gasteiger partial charge on any atom is 0.328 e. The first-order valence-corrected chi connectivity index (χ1v) is 9.43. The van der Waals surface area contributed by atoms with Crippen LogP contribution >= 0.6 is 0 Å². The van der Waals surface area contributed by atoms with E-state index in [0.29, 0.717) is 0 Å². The molecule has 0 aliphatic heterocycles. The van der Waals surface area contributed by atoms with Gasteiger partial charge < -0.3 is 20.1 Å². The first kappa shape index (κ1) is 24.1. The number of ether oxygens (including phenoxy) is 2. The lowest BCUT2D eigenvalue weighted by molar-refractivity contribution is -0.155. The van der Waals surface area contributed by atoms with Gasteiger partial charge in [-0.25, -0.2) is 4.79 Å². The first-order chi connectivity index (χ1) is 13.5. The summed E-state index contributed by atoms with van der Waals surface area (Å²) in [6.45, 7) is 6.54. The van der Waals surface area contributed by atoms with Crippen LogP contribution in [0.2, 0.25) is 0 Å². The summed E-state index contributed by atoms with van der Waals surface area (Å²) in [5.74, 6) is -2.07. The lowest BCUT2D eigenvalue weighted by Gasteiger charge is -2.23. The van der Waals surface area contributed by atoms with Crippen LogP contribution < -0.4 is 10.6 Å². The summed E-state index contributed by atoms with van der Waals surface area (Å²) in [5, 5.41) is 5.17. The van der Waals surface area contributed by atoms with E-state index in [1.807, 2.05) is 30.3 Å². The number of nitrogens with one attached hydrogen (secondary N) is 2. The molecule has 0 saturated heterocycles. The molecule has 160 valence electrons. The van der Waals surface area contributed by atoms with E-state index in [1.165, 1.54) is 14.0 Å². The van der Waals surface area contributed by atoms with Crippen molar-refractivity contribution in [1.29, 1.82) is 0 Å². The predicted molar refractivity (Wildman–Crippen MR) is 107 cm³/mol. The average molecular weight is 406 g/mol. The molecular weight excluding hydrogens is 376 g/mol. The Hall–Kier alpha value is -2.90. The number of carbonyl (C=O) groups excluding carboxylic acids is 4. The van der Waals surface area contributed by atoms with Gasteiger partial charge in [0.15, 0.2) is 0 Å². The molecule has 0 aliphatic rings. The van der Waals surface area contributed by atoms with E-state index in [1.54, 1.807) is 20.8 Å². The topological polar surface area (TPSA) is 111 Å². The van der Waals surface area contributed by atoms with Crippen molar-refractivity contribution in [2.24, 2.45) is 0 Å². The van der Waals surface area contributed by atoms with Crippen LogP contribution in [-0.2, 0) is 35.1 Å². The Bertz CT molecular complexity index is 712. The van der Waals surface area contributed by atoms with Crippen molar-refractivity contribution >= 4 is 23.8 Å². The zero-order chi connectivity index (χ0) is 22.0. The van der Waals surface area contributed by atoms with Crippen LogP contribution in [0.4, 0.5) is 0 Å². The average Bonchev–Trinajstić information content (AvgIpc) is 2.62. The second-order valence-electron chi connectivity index (χ2n) is 7.65. The Balaban J connectivity index is 2.82. The van der Waals surface area contributed by atoms with Crippen molar-refractivity contribution in [2.75, 3.05) is 7.11 Å². The number of benzene rings is 1. The zero-order valence-corrected chi connectivity index (χ0v) is 17.6. The fourth-order valence-corrected chi connectivity index (χ4v) is 2.62. The fraction of sp³-hybridized carbons (Fsp3) is 0.524. The second-order valence-corrected chi connectivity index (χ2v) is 7.65. The largest absolute Gasteiger partial charge is 0.467 e. The van der Waals surface area contributed by atoms with E-state index in [4.69, 9.17) is 9.47 Å². The summed E-state index contributed by atoms with van der Waals surface area (Å²) in [6.07, 6.45) is 0.207. The molecule has 0 heterocycles. The molecular formula is C21H30N2O6. The van der Waals surface area contributed by atoms with E-state index in [2.05, 4.69) is 10.6 Å². The highest BCUT2D eigenvalue weighted by Crippen LogP contribution is 2.11. The Morgan fingerprint density at radius 2 is 1.62 bits per heavy atom. The number of methoxy groups -OCH3 is 1. The molecule has 2 amide bonds. The predicted octanol–water partition coefficient (Wildman–Crippen LogP) is 1.51.